The molecular weight excluding hydrogens is 455 g/mol. The zero-order chi connectivity index (χ0) is 20.4. The molecule has 1 amide bonds. The molecule has 1 aliphatic rings. The lowest BCUT2D eigenvalue weighted by Crippen LogP contribution is -2.34. The second-order valence-electron chi connectivity index (χ2n) is 7.01. The molecule has 8 heteroatoms. The summed E-state index contributed by atoms with van der Waals surface area (Å²) in [6.07, 6.45) is 1.95. The van der Waals surface area contributed by atoms with Gasteiger partial charge in [0.25, 0.3) is 0 Å². The van der Waals surface area contributed by atoms with Crippen molar-refractivity contribution in [2.24, 2.45) is 7.05 Å². The fourth-order valence-corrected chi connectivity index (χ4v) is 4.34. The summed E-state index contributed by atoms with van der Waals surface area (Å²) < 4.78 is 16.9. The first-order valence-electron chi connectivity index (χ1n) is 9.34. The van der Waals surface area contributed by atoms with Crippen molar-refractivity contribution >= 4 is 33.6 Å². The third kappa shape index (κ3) is 4.70. The van der Waals surface area contributed by atoms with Gasteiger partial charge in [-0.1, -0.05) is 58.0 Å². The Balaban J connectivity index is 1.44. The molecule has 4 rings (SSSR count). The second kappa shape index (κ2) is 8.67. The number of hydrogen-bond acceptors (Lipinski definition) is 4. The monoisotopic (exact) mass is 474 g/mol. The minimum Gasteiger partial charge on any atom is -0.335 e. The molecule has 1 fully saturated rings. The summed E-state index contributed by atoms with van der Waals surface area (Å²) in [7, 11) is 1.89. The van der Waals surface area contributed by atoms with Gasteiger partial charge in [0.05, 0.1) is 5.75 Å². The summed E-state index contributed by atoms with van der Waals surface area (Å²) in [6.45, 7) is 0.304. The number of amides is 1. The first-order chi connectivity index (χ1) is 14.0. The number of thioether (sulfide) groups is 1. The maximum Gasteiger partial charge on any atom is 0.233 e. The van der Waals surface area contributed by atoms with Crippen molar-refractivity contribution in [3.8, 4) is 11.4 Å². The normalized spacial score (nSPS) is 13.5. The third-order valence-corrected chi connectivity index (χ3v) is 6.35. The summed E-state index contributed by atoms with van der Waals surface area (Å²) in [5, 5.41) is 9.19. The summed E-state index contributed by atoms with van der Waals surface area (Å²) in [5.74, 6) is 0.708. The molecule has 0 unspecified atom stereocenters. The van der Waals surface area contributed by atoms with Crippen molar-refractivity contribution in [2.45, 2.75) is 30.6 Å². The van der Waals surface area contributed by atoms with Gasteiger partial charge >= 0.3 is 0 Å². The number of carbonyl (C=O) groups excluding carboxylic acids is 1. The average Bonchev–Trinajstić information content (AvgIpc) is 3.48. The zero-order valence-corrected chi connectivity index (χ0v) is 18.3. The molecule has 1 aromatic heterocycles. The van der Waals surface area contributed by atoms with Gasteiger partial charge in [-0.15, -0.1) is 10.2 Å². The van der Waals surface area contributed by atoms with Crippen molar-refractivity contribution in [3.63, 3.8) is 0 Å². The van der Waals surface area contributed by atoms with Gasteiger partial charge in [-0.3, -0.25) is 4.79 Å². The molecule has 1 saturated carbocycles. The van der Waals surface area contributed by atoms with Crippen LogP contribution in [0.2, 0.25) is 0 Å². The number of aromatic nitrogens is 3. The highest BCUT2D eigenvalue weighted by Crippen LogP contribution is 2.30. The molecule has 0 bridgehead atoms. The summed E-state index contributed by atoms with van der Waals surface area (Å²) in [5.41, 5.74) is 1.50. The number of benzene rings is 2. The highest BCUT2D eigenvalue weighted by atomic mass is 79.9. The first kappa shape index (κ1) is 20.1. The predicted molar refractivity (Wildman–Crippen MR) is 115 cm³/mol. The fraction of sp³-hybridized carbons (Fsp3) is 0.286. The van der Waals surface area contributed by atoms with Crippen LogP contribution in [-0.2, 0) is 18.4 Å². The van der Waals surface area contributed by atoms with Crippen LogP contribution >= 0.6 is 27.7 Å². The summed E-state index contributed by atoms with van der Waals surface area (Å²) >= 11 is 4.82. The average molecular weight is 475 g/mol. The summed E-state index contributed by atoms with van der Waals surface area (Å²) in [6, 6.07) is 14.7. The third-order valence-electron chi connectivity index (χ3n) is 4.85. The van der Waals surface area contributed by atoms with Gasteiger partial charge in [0.2, 0.25) is 5.91 Å². The minimum atomic E-state index is -0.273. The van der Waals surface area contributed by atoms with Crippen LogP contribution in [0.3, 0.4) is 0 Å². The van der Waals surface area contributed by atoms with Crippen LogP contribution in [0.25, 0.3) is 11.4 Å². The van der Waals surface area contributed by atoms with Crippen LogP contribution in [0.1, 0.15) is 18.4 Å². The van der Waals surface area contributed by atoms with E-state index < -0.39 is 0 Å². The molecule has 29 heavy (non-hydrogen) atoms. The molecule has 2 aromatic carbocycles. The van der Waals surface area contributed by atoms with E-state index in [2.05, 4.69) is 26.1 Å². The zero-order valence-electron chi connectivity index (χ0n) is 15.9. The van der Waals surface area contributed by atoms with E-state index in [1.54, 1.807) is 23.1 Å². The lowest BCUT2D eigenvalue weighted by molar-refractivity contribution is -0.129. The predicted octanol–water partition coefficient (Wildman–Crippen LogP) is 4.67. The lowest BCUT2D eigenvalue weighted by atomic mass is 10.2. The molecule has 0 N–H and O–H groups in total. The molecular formula is C21H20BrFN4OS. The molecule has 3 aromatic rings. The molecule has 0 atom stereocenters. The van der Waals surface area contributed by atoms with Crippen molar-refractivity contribution in [3.05, 3.63) is 64.4 Å². The largest absolute Gasteiger partial charge is 0.335 e. The van der Waals surface area contributed by atoms with E-state index >= 15 is 0 Å². The Bertz CT molecular complexity index is 1040. The quantitative estimate of drug-likeness (QED) is 0.467. The SMILES string of the molecule is Cn1c(SCC(=O)N(Cc2ccccc2F)C2CC2)nnc1-c1cccc(Br)c1. The fourth-order valence-electron chi connectivity index (χ4n) is 3.15. The second-order valence-corrected chi connectivity index (χ2v) is 8.87. The first-order valence-corrected chi connectivity index (χ1v) is 11.1. The lowest BCUT2D eigenvalue weighted by Gasteiger charge is -2.22. The van der Waals surface area contributed by atoms with Gasteiger partial charge in [-0.05, 0) is 31.0 Å². The standard InChI is InChI=1S/C21H20BrFN4OS/c1-26-20(14-6-4-7-16(22)11-14)24-25-21(26)29-13-19(28)27(17-9-10-17)12-15-5-2-3-8-18(15)23/h2-8,11,17H,9-10,12-13H2,1H3. The Labute approximate surface area is 181 Å². The van der Waals surface area contributed by atoms with Crippen molar-refractivity contribution in [1.29, 1.82) is 0 Å². The van der Waals surface area contributed by atoms with Crippen molar-refractivity contribution in [2.75, 3.05) is 5.75 Å². The van der Waals surface area contributed by atoms with Crippen LogP contribution < -0.4 is 0 Å². The number of rotatable bonds is 7. The molecule has 0 saturated heterocycles. The maximum absolute atomic E-state index is 14.0. The molecule has 1 aliphatic carbocycles. The molecule has 0 aliphatic heterocycles. The van der Waals surface area contributed by atoms with Crippen molar-refractivity contribution < 1.29 is 9.18 Å². The van der Waals surface area contributed by atoms with Crippen molar-refractivity contribution in [1.82, 2.24) is 19.7 Å². The van der Waals surface area contributed by atoms with E-state index in [1.807, 2.05) is 35.9 Å². The van der Waals surface area contributed by atoms with Crippen LogP contribution in [-0.4, -0.2) is 37.4 Å². The number of hydrogen-bond donors (Lipinski definition) is 0. The van der Waals surface area contributed by atoms with E-state index in [0.717, 1.165) is 28.7 Å². The highest BCUT2D eigenvalue weighted by molar-refractivity contribution is 9.10. The number of carbonyl (C=O) groups is 1. The van der Waals surface area contributed by atoms with Crippen LogP contribution in [0.15, 0.2) is 58.2 Å². The van der Waals surface area contributed by atoms with E-state index in [9.17, 15) is 9.18 Å². The Morgan fingerprint density at radius 3 is 2.76 bits per heavy atom. The minimum absolute atomic E-state index is 0.00670. The van der Waals surface area contributed by atoms with E-state index in [1.165, 1.54) is 17.8 Å². The van der Waals surface area contributed by atoms with E-state index in [0.29, 0.717) is 17.3 Å². The Morgan fingerprint density at radius 2 is 2.03 bits per heavy atom. The van der Waals surface area contributed by atoms with Gasteiger partial charge in [-0.2, -0.15) is 0 Å². The van der Waals surface area contributed by atoms with Gasteiger partial charge < -0.3 is 9.47 Å². The highest BCUT2D eigenvalue weighted by Gasteiger charge is 2.33. The molecule has 5 nitrogen and oxygen atoms in total. The van der Waals surface area contributed by atoms with E-state index in [4.69, 9.17) is 0 Å². The topological polar surface area (TPSA) is 51.0 Å². The molecule has 0 radical (unpaired) electrons. The Morgan fingerprint density at radius 1 is 1.24 bits per heavy atom. The van der Waals surface area contributed by atoms with Gasteiger partial charge in [-0.25, -0.2) is 4.39 Å². The Hall–Kier alpha value is -2.19. The Kier molecular flexibility index (Phi) is 6.01. The number of halogens is 2. The number of nitrogens with zero attached hydrogens (tertiary/aromatic N) is 4. The van der Waals surface area contributed by atoms with Crippen LogP contribution in [0.5, 0.6) is 0 Å². The maximum atomic E-state index is 14.0. The van der Waals surface area contributed by atoms with Crippen LogP contribution in [0.4, 0.5) is 4.39 Å². The van der Waals surface area contributed by atoms with Gasteiger partial charge in [0.15, 0.2) is 11.0 Å². The smallest absolute Gasteiger partial charge is 0.233 e. The molecule has 150 valence electrons. The molecule has 0 spiro atoms. The molecule has 1 heterocycles. The van der Waals surface area contributed by atoms with Crippen LogP contribution in [0, 0.1) is 5.82 Å². The van der Waals surface area contributed by atoms with Gasteiger partial charge in [0, 0.05) is 35.2 Å². The van der Waals surface area contributed by atoms with E-state index in [-0.39, 0.29) is 23.5 Å². The van der Waals surface area contributed by atoms with Gasteiger partial charge in [0.1, 0.15) is 5.82 Å². The summed E-state index contributed by atoms with van der Waals surface area (Å²) in [4.78, 5) is 14.7.